The van der Waals surface area contributed by atoms with Gasteiger partial charge in [0.15, 0.2) is 0 Å². The number of aryl methyl sites for hydroxylation is 1. The van der Waals surface area contributed by atoms with E-state index in [0.717, 1.165) is 4.57 Å². The number of carbonyl (C=O) groups excluding carboxylic acids is 1. The Balaban J connectivity index is 3.60. The molecule has 1 rings (SSSR count). The zero-order valence-electron chi connectivity index (χ0n) is 7.72. The van der Waals surface area contributed by atoms with Crippen molar-refractivity contribution < 1.29 is 6.17 Å². The number of aromatic nitrogens is 1. The van der Waals surface area contributed by atoms with Crippen LogP contribution in [0.1, 0.15) is 17.3 Å². The molecule has 4 heteroatoms. The zero-order chi connectivity index (χ0) is 10.2. The first-order valence-electron chi connectivity index (χ1n) is 3.82. The Morgan fingerprint density at radius 2 is 2.33 bits per heavy atom. The van der Waals surface area contributed by atoms with E-state index in [4.69, 9.17) is 13.0 Å². The van der Waals surface area contributed by atoms with Crippen LogP contribution in [0.5, 0.6) is 0 Å². The van der Waals surface area contributed by atoms with Crippen molar-refractivity contribution in [2.24, 2.45) is 7.05 Å². The summed E-state index contributed by atoms with van der Waals surface area (Å²) in [4.78, 5) is 22.1. The molecule has 0 amide bonds. The smallest absolute Gasteiger partial charge is 0.253 e. The first-order valence-corrected chi connectivity index (χ1v) is 3.70. The molecule has 3 nitrogen and oxygen atoms in total. The highest BCUT2D eigenvalue weighted by Crippen LogP contribution is 2.02. The average molecular weight is 187 g/mol. The summed E-state index contributed by atoms with van der Waals surface area (Å²) in [5.74, 6) is 0. The Bertz CT molecular complexity index is 425. The summed E-state index contributed by atoms with van der Waals surface area (Å²) in [6.07, 6.45) is -0.157. The maximum Gasteiger partial charge on any atom is 0.253 e. The average Bonchev–Trinajstić information content (AvgIpc) is 2.07. The van der Waals surface area contributed by atoms with Crippen molar-refractivity contribution in [1.82, 2.24) is 4.57 Å². The number of hydrogen-bond acceptors (Lipinski definition) is 2. The highest BCUT2D eigenvalue weighted by Gasteiger charge is 2.04. The molecule has 1 aromatic heterocycles. The molecule has 1 aromatic rings. The minimum atomic E-state index is -0.719. The zero-order valence-corrected chi connectivity index (χ0v) is 7.47. The van der Waals surface area contributed by atoms with Crippen molar-refractivity contribution in [3.8, 4) is 0 Å². The minimum Gasteiger partial charge on any atom is -0.318 e. The molecule has 0 atom stereocenters. The lowest BCUT2D eigenvalue weighted by atomic mass is 10.2. The molecule has 0 aliphatic rings. The Hall–Kier alpha value is -1.09. The number of hydrogen-bond donors (Lipinski definition) is 0. The lowest BCUT2D eigenvalue weighted by molar-refractivity contribution is 0.108. The Kier molecular flexibility index (Phi) is 1.96. The van der Waals surface area contributed by atoms with Gasteiger partial charge in [0.25, 0.3) is 10.8 Å². The van der Waals surface area contributed by atoms with E-state index in [1.165, 1.54) is 13.1 Å². The first kappa shape index (κ1) is 7.55. The van der Waals surface area contributed by atoms with Crippen molar-refractivity contribution in [2.75, 3.05) is 0 Å². The third-order valence-electron chi connectivity index (χ3n) is 1.50. The molecule has 0 fully saturated rings. The van der Waals surface area contributed by atoms with Crippen LogP contribution in [0, 0.1) is 6.92 Å². The summed E-state index contributed by atoms with van der Waals surface area (Å²) in [6.45, 7) is 1.57. The van der Waals surface area contributed by atoms with E-state index in [0.29, 0.717) is 5.56 Å². The van der Waals surface area contributed by atoms with Crippen molar-refractivity contribution in [3.63, 3.8) is 0 Å². The summed E-state index contributed by atoms with van der Waals surface area (Å²) < 4.78 is 8.51. The Labute approximate surface area is 76.0 Å². The topological polar surface area (TPSA) is 39.1 Å². The van der Waals surface area contributed by atoms with Gasteiger partial charge in [-0.25, -0.2) is 0 Å². The number of halogens is 1. The minimum absolute atomic E-state index is 0.0567. The summed E-state index contributed by atoms with van der Waals surface area (Å²) in [5, 5.41) is -0.719. The number of rotatable bonds is 1. The van der Waals surface area contributed by atoms with Gasteiger partial charge in [0, 0.05) is 18.8 Å². The summed E-state index contributed by atoms with van der Waals surface area (Å²) in [5.41, 5.74) is 0.176. The van der Waals surface area contributed by atoms with Crippen LogP contribution in [0.4, 0.5) is 0 Å². The van der Waals surface area contributed by atoms with Gasteiger partial charge >= 0.3 is 0 Å². The second-order valence-electron chi connectivity index (χ2n) is 2.49. The highest BCUT2D eigenvalue weighted by molar-refractivity contribution is 6.67. The van der Waals surface area contributed by atoms with Crippen LogP contribution in [0.25, 0.3) is 0 Å². The van der Waals surface area contributed by atoms with Gasteiger partial charge in [-0.2, -0.15) is 0 Å². The fourth-order valence-corrected chi connectivity index (χ4v) is 1.00. The standard InChI is InChI=1S/C8H8ClNO2/c1-5-3-6(7(9)11)4-10(2)8(5)12/h3-4H,1-2H3/i4D. The first-order chi connectivity index (χ1) is 5.95. The van der Waals surface area contributed by atoms with Gasteiger partial charge in [-0.3, -0.25) is 9.59 Å². The van der Waals surface area contributed by atoms with E-state index in [1.54, 1.807) is 6.92 Å². The molecule has 0 N–H and O–H groups in total. The second kappa shape index (κ2) is 3.11. The van der Waals surface area contributed by atoms with Crippen LogP contribution < -0.4 is 5.56 Å². The van der Waals surface area contributed by atoms with E-state index < -0.39 is 5.24 Å². The van der Waals surface area contributed by atoms with E-state index in [1.807, 2.05) is 0 Å². The number of nitrogens with zero attached hydrogens (tertiary/aromatic N) is 1. The maximum absolute atomic E-state index is 11.3. The molecule has 0 spiro atoms. The lowest BCUT2D eigenvalue weighted by Gasteiger charge is -2.00. The predicted octanol–water partition coefficient (Wildman–Crippen LogP) is 1.07. The molecule has 0 unspecified atom stereocenters. The van der Waals surface area contributed by atoms with Gasteiger partial charge in [-0.15, -0.1) is 0 Å². The fraction of sp³-hybridized carbons (Fsp3) is 0.250. The number of carbonyl (C=O) groups is 1. The van der Waals surface area contributed by atoms with Gasteiger partial charge in [-0.1, -0.05) is 0 Å². The van der Waals surface area contributed by atoms with Crippen LogP contribution in [0.3, 0.4) is 0 Å². The van der Waals surface area contributed by atoms with Crippen LogP contribution >= 0.6 is 11.6 Å². The molecule has 0 aromatic carbocycles. The van der Waals surface area contributed by atoms with Gasteiger partial charge in [0.2, 0.25) is 0 Å². The largest absolute Gasteiger partial charge is 0.318 e. The molecule has 0 aliphatic heterocycles. The molecule has 0 bridgehead atoms. The van der Waals surface area contributed by atoms with Gasteiger partial charge in [0.05, 0.1) is 6.93 Å². The molecule has 0 saturated carbocycles. The molecule has 0 radical (unpaired) electrons. The summed E-state index contributed by atoms with van der Waals surface area (Å²) in [6, 6.07) is 1.33. The van der Waals surface area contributed by atoms with Crippen molar-refractivity contribution >= 4 is 16.8 Å². The monoisotopic (exact) mass is 186 g/mol. The van der Waals surface area contributed by atoms with E-state index in [2.05, 4.69) is 0 Å². The van der Waals surface area contributed by atoms with Gasteiger partial charge < -0.3 is 4.57 Å². The summed E-state index contributed by atoms with van der Waals surface area (Å²) in [7, 11) is 1.43. The van der Waals surface area contributed by atoms with E-state index >= 15 is 0 Å². The third-order valence-corrected chi connectivity index (χ3v) is 1.71. The normalized spacial score (nSPS) is 11.1. The fourth-order valence-electron chi connectivity index (χ4n) is 0.907. The highest BCUT2D eigenvalue weighted by atomic mass is 35.5. The van der Waals surface area contributed by atoms with Crippen LogP contribution in [-0.2, 0) is 7.05 Å². The molecule has 0 aliphatic carbocycles. The quantitative estimate of drug-likeness (QED) is 0.616. The van der Waals surface area contributed by atoms with Crippen molar-refractivity contribution in [1.29, 1.82) is 0 Å². The second-order valence-corrected chi connectivity index (χ2v) is 2.83. The predicted molar refractivity (Wildman–Crippen MR) is 46.6 cm³/mol. The van der Waals surface area contributed by atoms with Crippen LogP contribution in [-0.4, -0.2) is 9.81 Å². The van der Waals surface area contributed by atoms with E-state index in [9.17, 15) is 9.59 Å². The van der Waals surface area contributed by atoms with Gasteiger partial charge in [0.1, 0.15) is 0 Å². The maximum atomic E-state index is 11.3. The molecule has 0 saturated heterocycles. The molecular formula is C8H8ClNO2. The molecular weight excluding hydrogens is 178 g/mol. The Morgan fingerprint density at radius 1 is 1.75 bits per heavy atom. The van der Waals surface area contributed by atoms with Gasteiger partial charge in [-0.05, 0) is 24.6 Å². The summed E-state index contributed by atoms with van der Waals surface area (Å²) >= 11 is 5.23. The van der Waals surface area contributed by atoms with Crippen LogP contribution in [0.15, 0.2) is 17.0 Å². The van der Waals surface area contributed by atoms with Crippen molar-refractivity contribution in [3.05, 3.63) is 33.7 Å². The lowest BCUT2D eigenvalue weighted by Crippen LogP contribution is -2.19. The Morgan fingerprint density at radius 3 is 2.83 bits per heavy atom. The van der Waals surface area contributed by atoms with E-state index in [-0.39, 0.29) is 17.3 Å². The SMILES string of the molecule is [2H]c1c(C(=O)Cl)cc(C)c(=O)n1C. The molecule has 1 heterocycles. The van der Waals surface area contributed by atoms with Crippen molar-refractivity contribution in [2.45, 2.75) is 6.92 Å². The van der Waals surface area contributed by atoms with Crippen LogP contribution in [0.2, 0.25) is 0 Å². The number of pyridine rings is 1. The third kappa shape index (κ3) is 1.56. The molecule has 12 heavy (non-hydrogen) atoms. The molecule has 64 valence electrons.